The van der Waals surface area contributed by atoms with Crippen LogP contribution in [0, 0.1) is 5.92 Å². The summed E-state index contributed by atoms with van der Waals surface area (Å²) in [5, 5.41) is 7.94. The number of nitrogens with zero attached hydrogens (tertiary/aromatic N) is 1. The van der Waals surface area contributed by atoms with Gasteiger partial charge in [-0.3, -0.25) is 24.1 Å². The molecule has 3 N–H and O–H groups in total. The molecular weight excluding hydrogens is 388 g/mol. The minimum atomic E-state index is -0.917. The normalized spacial score (nSPS) is 23.3. The number of hydrogen-bond acceptors (Lipinski definition) is 5. The topological polar surface area (TPSA) is 125 Å². The van der Waals surface area contributed by atoms with E-state index in [-0.39, 0.29) is 23.1 Å². The lowest BCUT2D eigenvalue weighted by molar-refractivity contribution is -0.132. The number of ketones is 1. The highest BCUT2D eigenvalue weighted by atomic mass is 16.2. The van der Waals surface area contributed by atoms with E-state index in [0.717, 1.165) is 17.7 Å². The van der Waals surface area contributed by atoms with Crippen LogP contribution in [0.2, 0.25) is 0 Å². The van der Waals surface area contributed by atoms with Gasteiger partial charge in [0.25, 0.3) is 5.91 Å². The van der Waals surface area contributed by atoms with Crippen molar-refractivity contribution >= 4 is 40.9 Å². The van der Waals surface area contributed by atoms with E-state index in [9.17, 15) is 24.0 Å². The first-order valence-corrected chi connectivity index (χ1v) is 9.98. The van der Waals surface area contributed by atoms with Gasteiger partial charge in [-0.2, -0.15) is 0 Å². The van der Waals surface area contributed by atoms with Gasteiger partial charge in [-0.05, 0) is 49.8 Å². The SMILES string of the molecule is CC(=O)Nc1ccc(C(=O)CN2C(=O)NC3(CCC(C)CC3)C2=O)c(NC(C)=O)c1. The lowest BCUT2D eigenvalue weighted by Crippen LogP contribution is -2.49. The van der Waals surface area contributed by atoms with Gasteiger partial charge in [0.1, 0.15) is 5.54 Å². The van der Waals surface area contributed by atoms with E-state index in [2.05, 4.69) is 22.9 Å². The van der Waals surface area contributed by atoms with Crippen molar-refractivity contribution in [1.29, 1.82) is 0 Å². The molecule has 0 atom stereocenters. The monoisotopic (exact) mass is 414 g/mol. The maximum Gasteiger partial charge on any atom is 0.325 e. The van der Waals surface area contributed by atoms with Crippen LogP contribution in [0.15, 0.2) is 18.2 Å². The van der Waals surface area contributed by atoms with E-state index in [4.69, 9.17) is 0 Å². The predicted octanol–water partition coefficient (Wildman–Crippen LogP) is 2.29. The molecule has 0 radical (unpaired) electrons. The molecular formula is C21H26N4O5. The molecule has 1 heterocycles. The molecule has 1 aromatic carbocycles. The summed E-state index contributed by atoms with van der Waals surface area (Å²) in [5.41, 5.74) is -0.155. The summed E-state index contributed by atoms with van der Waals surface area (Å²) in [4.78, 5) is 62.2. The van der Waals surface area contributed by atoms with Gasteiger partial charge in [-0.1, -0.05) is 6.92 Å². The Bertz CT molecular complexity index is 918. The van der Waals surface area contributed by atoms with Gasteiger partial charge in [0.15, 0.2) is 5.78 Å². The molecule has 0 aromatic heterocycles. The van der Waals surface area contributed by atoms with Crippen molar-refractivity contribution in [3.05, 3.63) is 23.8 Å². The first kappa shape index (κ1) is 21.5. The van der Waals surface area contributed by atoms with Crippen LogP contribution in [0.5, 0.6) is 0 Å². The highest BCUT2D eigenvalue weighted by Gasteiger charge is 2.52. The minimum absolute atomic E-state index is 0.151. The Hall–Kier alpha value is -3.23. The van der Waals surface area contributed by atoms with Gasteiger partial charge in [0.05, 0.1) is 12.2 Å². The zero-order valence-corrected chi connectivity index (χ0v) is 17.3. The number of carbonyl (C=O) groups excluding carboxylic acids is 5. The van der Waals surface area contributed by atoms with E-state index in [1.165, 1.54) is 32.0 Å². The summed E-state index contributed by atoms with van der Waals surface area (Å²) in [6.45, 7) is 4.33. The van der Waals surface area contributed by atoms with Gasteiger partial charge in [-0.15, -0.1) is 0 Å². The van der Waals surface area contributed by atoms with E-state index in [0.29, 0.717) is 24.4 Å². The number of hydrogen-bond donors (Lipinski definition) is 3. The third-order valence-electron chi connectivity index (χ3n) is 5.63. The molecule has 1 aliphatic heterocycles. The average Bonchev–Trinajstić information content (AvgIpc) is 2.87. The third kappa shape index (κ3) is 4.34. The number of benzene rings is 1. The zero-order chi connectivity index (χ0) is 22.1. The number of nitrogens with one attached hydrogen (secondary N) is 3. The fourth-order valence-electron chi connectivity index (χ4n) is 4.00. The molecule has 9 heteroatoms. The molecule has 1 saturated carbocycles. The van der Waals surface area contributed by atoms with Crippen molar-refractivity contribution in [2.75, 3.05) is 17.2 Å². The highest BCUT2D eigenvalue weighted by Crippen LogP contribution is 2.36. The van der Waals surface area contributed by atoms with Crippen LogP contribution >= 0.6 is 0 Å². The van der Waals surface area contributed by atoms with Crippen LogP contribution in [-0.2, 0) is 14.4 Å². The minimum Gasteiger partial charge on any atom is -0.326 e. The molecule has 1 spiro atoms. The van der Waals surface area contributed by atoms with Crippen molar-refractivity contribution in [2.45, 2.75) is 52.0 Å². The summed E-state index contributed by atoms with van der Waals surface area (Å²) in [6, 6.07) is 3.87. The van der Waals surface area contributed by atoms with Gasteiger partial charge < -0.3 is 16.0 Å². The molecule has 5 amide bonds. The summed E-state index contributed by atoms with van der Waals surface area (Å²) < 4.78 is 0. The van der Waals surface area contributed by atoms with Crippen LogP contribution in [0.1, 0.15) is 56.8 Å². The number of rotatable bonds is 5. The largest absolute Gasteiger partial charge is 0.326 e. The Labute approximate surface area is 174 Å². The molecule has 3 rings (SSSR count). The molecule has 30 heavy (non-hydrogen) atoms. The molecule has 2 aliphatic rings. The smallest absolute Gasteiger partial charge is 0.325 e. The van der Waals surface area contributed by atoms with Crippen LogP contribution in [0.4, 0.5) is 16.2 Å². The molecule has 2 fully saturated rings. The Morgan fingerprint density at radius 2 is 1.73 bits per heavy atom. The molecule has 0 unspecified atom stereocenters. The summed E-state index contributed by atoms with van der Waals surface area (Å²) in [5.74, 6) is -1.05. The number of anilines is 2. The number of carbonyl (C=O) groups is 5. The Kier molecular flexibility index (Phi) is 5.91. The van der Waals surface area contributed by atoms with Gasteiger partial charge in [0, 0.05) is 25.1 Å². The maximum absolute atomic E-state index is 13.0. The molecule has 1 saturated heterocycles. The molecule has 1 aromatic rings. The Balaban J connectivity index is 1.81. The van der Waals surface area contributed by atoms with E-state index in [1.54, 1.807) is 0 Å². The number of amides is 5. The first-order chi connectivity index (χ1) is 14.1. The molecule has 1 aliphatic carbocycles. The number of imide groups is 1. The lowest BCUT2D eigenvalue weighted by Gasteiger charge is -2.33. The summed E-state index contributed by atoms with van der Waals surface area (Å²) >= 11 is 0. The predicted molar refractivity (Wildman–Crippen MR) is 110 cm³/mol. The molecule has 160 valence electrons. The molecule has 9 nitrogen and oxygen atoms in total. The average molecular weight is 414 g/mol. The van der Waals surface area contributed by atoms with Crippen molar-refractivity contribution < 1.29 is 24.0 Å². The number of urea groups is 1. The second kappa shape index (κ2) is 8.25. The fourth-order valence-corrected chi connectivity index (χ4v) is 4.00. The van der Waals surface area contributed by atoms with Crippen molar-refractivity contribution in [3.63, 3.8) is 0 Å². The van der Waals surface area contributed by atoms with Crippen LogP contribution in [0.25, 0.3) is 0 Å². The highest BCUT2D eigenvalue weighted by molar-refractivity contribution is 6.13. The van der Waals surface area contributed by atoms with Gasteiger partial charge in [0.2, 0.25) is 11.8 Å². The maximum atomic E-state index is 13.0. The third-order valence-corrected chi connectivity index (χ3v) is 5.63. The van der Waals surface area contributed by atoms with E-state index < -0.39 is 29.8 Å². The Morgan fingerprint density at radius 3 is 2.33 bits per heavy atom. The standard InChI is InChI=1S/C21H26N4O5/c1-12-6-8-21(9-7-12)19(29)25(20(30)24-21)11-18(28)16-5-4-15(22-13(2)26)10-17(16)23-14(3)27/h4-5,10,12H,6-9,11H2,1-3H3,(H,22,26)(H,23,27)(H,24,30). The fraction of sp³-hybridized carbons (Fsp3) is 0.476. The second-order valence-electron chi connectivity index (χ2n) is 8.13. The Morgan fingerprint density at radius 1 is 1.10 bits per heavy atom. The van der Waals surface area contributed by atoms with E-state index >= 15 is 0 Å². The van der Waals surface area contributed by atoms with Crippen molar-refractivity contribution in [1.82, 2.24) is 10.2 Å². The van der Waals surface area contributed by atoms with Crippen molar-refractivity contribution in [2.24, 2.45) is 5.92 Å². The summed E-state index contributed by atoms with van der Waals surface area (Å²) in [6.07, 6.45) is 2.80. The molecule has 0 bridgehead atoms. The summed E-state index contributed by atoms with van der Waals surface area (Å²) in [7, 11) is 0. The zero-order valence-electron chi connectivity index (χ0n) is 17.3. The van der Waals surface area contributed by atoms with E-state index in [1.807, 2.05) is 0 Å². The second-order valence-corrected chi connectivity index (χ2v) is 8.13. The number of Topliss-reactive ketones (excluding diaryl/α,β-unsaturated/α-hetero) is 1. The van der Waals surface area contributed by atoms with Crippen LogP contribution in [-0.4, -0.2) is 46.5 Å². The van der Waals surface area contributed by atoms with Crippen LogP contribution < -0.4 is 16.0 Å². The van der Waals surface area contributed by atoms with Crippen molar-refractivity contribution in [3.8, 4) is 0 Å². The van der Waals surface area contributed by atoms with Gasteiger partial charge >= 0.3 is 6.03 Å². The lowest BCUT2D eigenvalue weighted by atomic mass is 9.77. The van der Waals surface area contributed by atoms with Gasteiger partial charge in [-0.25, -0.2) is 4.79 Å². The first-order valence-electron chi connectivity index (χ1n) is 9.98. The van der Waals surface area contributed by atoms with Crippen LogP contribution in [0.3, 0.4) is 0 Å². The quantitative estimate of drug-likeness (QED) is 0.504.